The van der Waals surface area contributed by atoms with Crippen LogP contribution in [0.2, 0.25) is 0 Å². The number of nitrogen functional groups attached to an aromatic ring is 1. The minimum Gasteiger partial charge on any atom is -0.506 e. The summed E-state index contributed by atoms with van der Waals surface area (Å²) < 4.78 is 0.963. The summed E-state index contributed by atoms with van der Waals surface area (Å²) in [5.41, 5.74) is 13.2. The Labute approximate surface area is 204 Å². The number of nitrogens with two attached hydrogens (primary N) is 1. The van der Waals surface area contributed by atoms with Crippen molar-refractivity contribution >= 4 is 44.9 Å². The molecular weight excluding hydrogens is 486 g/mol. The van der Waals surface area contributed by atoms with E-state index in [9.17, 15) is 9.90 Å². The van der Waals surface area contributed by atoms with Gasteiger partial charge in [-0.05, 0) is 89.0 Å². The molecule has 3 N–H and O–H groups in total. The topological polar surface area (TPSA) is 79.5 Å². The Morgan fingerprint density at radius 3 is 2.28 bits per heavy atom. The highest BCUT2D eigenvalue weighted by Crippen LogP contribution is 2.40. The molecule has 1 aliphatic carbocycles. The molecule has 5 nitrogen and oxygen atoms in total. The number of carbonyl (C=O) groups excluding carboxylic acids is 1. The normalized spacial score (nSPS) is 14.8. The number of pyridine rings is 1. The molecule has 1 saturated heterocycles. The summed E-state index contributed by atoms with van der Waals surface area (Å²) in [6.45, 7) is 7.07. The first-order chi connectivity index (χ1) is 15.3. The van der Waals surface area contributed by atoms with Crippen LogP contribution in [0, 0.1) is 0 Å². The standard InChI is InChI=1S/C21H22BrN3O2.C2H6S.C2H6/c1-12(26)25-6-4-13(5-7-25)20-17-10-18(23)19(27)9-14(17)2-3-15-8-16(22)11-24-21(15)20;1-3-2;1-2/h8-11,27H,2-7,23H2,1H3;1-2H3;1-2H3. The lowest BCUT2D eigenvalue weighted by atomic mass is 9.88. The van der Waals surface area contributed by atoms with Gasteiger partial charge in [0.15, 0.2) is 0 Å². The molecule has 1 aromatic carbocycles. The van der Waals surface area contributed by atoms with Gasteiger partial charge in [-0.15, -0.1) is 0 Å². The number of amides is 1. The van der Waals surface area contributed by atoms with Crippen LogP contribution < -0.4 is 5.73 Å². The van der Waals surface area contributed by atoms with Crippen molar-refractivity contribution in [2.75, 3.05) is 31.3 Å². The number of aromatic hydroxyl groups is 1. The number of thioether (sulfide) groups is 1. The minimum absolute atomic E-state index is 0.122. The Morgan fingerprint density at radius 2 is 1.69 bits per heavy atom. The zero-order chi connectivity index (χ0) is 23.8. The average molecular weight is 521 g/mol. The smallest absolute Gasteiger partial charge is 0.219 e. The lowest BCUT2D eigenvalue weighted by molar-refractivity contribution is -0.129. The molecule has 0 bridgehead atoms. The van der Waals surface area contributed by atoms with Crippen molar-refractivity contribution < 1.29 is 9.90 Å². The number of fused-ring (bicyclic) bond motifs is 2. The van der Waals surface area contributed by atoms with Crippen LogP contribution >= 0.6 is 27.7 Å². The van der Waals surface area contributed by atoms with E-state index in [1.165, 1.54) is 11.1 Å². The number of benzene rings is 1. The zero-order valence-electron chi connectivity index (χ0n) is 19.7. The summed E-state index contributed by atoms with van der Waals surface area (Å²) in [5.74, 6) is 0.251. The maximum Gasteiger partial charge on any atom is 0.219 e. The molecule has 32 heavy (non-hydrogen) atoms. The first-order valence-corrected chi connectivity index (χ1v) is 13.4. The van der Waals surface area contributed by atoms with Crippen LogP contribution in [0.4, 0.5) is 5.69 Å². The Morgan fingerprint density at radius 1 is 1.09 bits per heavy atom. The molecule has 0 unspecified atom stereocenters. The number of aryl methyl sites for hydroxylation is 2. The summed E-state index contributed by atoms with van der Waals surface area (Å²) in [5, 5.41) is 10.1. The van der Waals surface area contributed by atoms with Crippen LogP contribution in [0.3, 0.4) is 0 Å². The van der Waals surface area contributed by atoms with Crippen LogP contribution in [0.15, 0.2) is 34.4 Å². The number of rotatable bonds is 0. The molecule has 2 heterocycles. The number of hydrogen-bond donors (Lipinski definition) is 2. The van der Waals surface area contributed by atoms with Gasteiger partial charge >= 0.3 is 0 Å². The van der Waals surface area contributed by atoms with Gasteiger partial charge < -0.3 is 15.7 Å². The predicted octanol–water partition coefficient (Wildman–Crippen LogP) is 5.68. The van der Waals surface area contributed by atoms with Crippen molar-refractivity contribution in [3.8, 4) is 5.75 Å². The molecule has 2 aromatic rings. The molecular formula is C25H34BrN3O2S. The van der Waals surface area contributed by atoms with E-state index >= 15 is 0 Å². The molecule has 2 aliphatic rings. The van der Waals surface area contributed by atoms with Gasteiger partial charge in [0.05, 0.1) is 11.4 Å². The van der Waals surface area contributed by atoms with Gasteiger partial charge in [-0.2, -0.15) is 11.8 Å². The Kier molecular flexibility index (Phi) is 10.1. The van der Waals surface area contributed by atoms with E-state index in [2.05, 4.69) is 22.0 Å². The average Bonchev–Trinajstić information content (AvgIpc) is 2.92. The predicted molar refractivity (Wildman–Crippen MR) is 140 cm³/mol. The summed E-state index contributed by atoms with van der Waals surface area (Å²) in [7, 11) is 0. The Bertz CT molecular complexity index is 981. The number of nitrogens with zero attached hydrogens (tertiary/aromatic N) is 2. The fourth-order valence-corrected chi connectivity index (χ4v) is 4.46. The summed E-state index contributed by atoms with van der Waals surface area (Å²) >= 11 is 5.28. The van der Waals surface area contributed by atoms with Gasteiger partial charge in [0.25, 0.3) is 0 Å². The number of likely N-dealkylation sites (tertiary alicyclic amines) is 1. The maximum absolute atomic E-state index is 11.7. The van der Waals surface area contributed by atoms with E-state index in [-0.39, 0.29) is 11.7 Å². The number of aromatic nitrogens is 1. The van der Waals surface area contributed by atoms with Crippen molar-refractivity contribution in [3.63, 3.8) is 0 Å². The van der Waals surface area contributed by atoms with Gasteiger partial charge in [0, 0.05) is 36.3 Å². The quantitative estimate of drug-likeness (QED) is 0.345. The third-order valence-corrected chi connectivity index (χ3v) is 5.96. The van der Waals surface area contributed by atoms with E-state index < -0.39 is 0 Å². The summed E-state index contributed by atoms with van der Waals surface area (Å²) in [6.07, 6.45) is 9.25. The van der Waals surface area contributed by atoms with Gasteiger partial charge in [0.2, 0.25) is 5.91 Å². The van der Waals surface area contributed by atoms with Crippen molar-refractivity contribution in [1.29, 1.82) is 0 Å². The van der Waals surface area contributed by atoms with E-state index in [1.54, 1.807) is 24.8 Å². The maximum atomic E-state index is 11.7. The highest BCUT2D eigenvalue weighted by Gasteiger charge is 2.26. The number of hydrogen-bond acceptors (Lipinski definition) is 5. The second kappa shape index (κ2) is 12.3. The highest BCUT2D eigenvalue weighted by molar-refractivity contribution is 9.10. The third-order valence-electron chi connectivity index (χ3n) is 5.52. The first-order valence-electron chi connectivity index (χ1n) is 11.0. The molecule has 1 aromatic heterocycles. The lowest BCUT2D eigenvalue weighted by Crippen LogP contribution is -2.34. The van der Waals surface area contributed by atoms with Crippen molar-refractivity contribution in [2.24, 2.45) is 0 Å². The molecule has 1 fully saturated rings. The third kappa shape index (κ3) is 6.07. The van der Waals surface area contributed by atoms with Crippen LogP contribution in [0.1, 0.15) is 56.0 Å². The van der Waals surface area contributed by atoms with Gasteiger partial charge in [-0.3, -0.25) is 9.78 Å². The monoisotopic (exact) mass is 519 g/mol. The summed E-state index contributed by atoms with van der Waals surface area (Å²) in [4.78, 5) is 18.3. The number of halogens is 1. The van der Waals surface area contributed by atoms with Crippen molar-refractivity contribution in [2.45, 2.75) is 46.5 Å². The largest absolute Gasteiger partial charge is 0.506 e. The fourth-order valence-electron chi connectivity index (χ4n) is 4.08. The number of carbonyl (C=O) groups is 1. The van der Waals surface area contributed by atoms with E-state index in [4.69, 9.17) is 10.7 Å². The van der Waals surface area contributed by atoms with Crippen LogP contribution in [0.25, 0.3) is 5.57 Å². The second-order valence-electron chi connectivity index (χ2n) is 7.62. The van der Waals surface area contributed by atoms with Crippen LogP contribution in [-0.2, 0) is 17.6 Å². The van der Waals surface area contributed by atoms with E-state index in [1.807, 2.05) is 43.5 Å². The number of piperidine rings is 1. The number of anilines is 1. The minimum atomic E-state index is 0.122. The van der Waals surface area contributed by atoms with Crippen molar-refractivity contribution in [3.05, 3.63) is 56.8 Å². The molecule has 4 rings (SSSR count). The Balaban J connectivity index is 0.000000671. The first kappa shape index (κ1) is 26.3. The SMILES string of the molecule is CC.CC(=O)N1CCC(=C2c3cc(N)c(O)cc3CCc3cc(Br)cnc32)CC1.CSC. The highest BCUT2D eigenvalue weighted by atomic mass is 79.9. The van der Waals surface area contributed by atoms with Gasteiger partial charge in [-0.25, -0.2) is 0 Å². The van der Waals surface area contributed by atoms with E-state index in [0.717, 1.165) is 65.6 Å². The van der Waals surface area contributed by atoms with Crippen molar-refractivity contribution in [1.82, 2.24) is 9.88 Å². The lowest BCUT2D eigenvalue weighted by Gasteiger charge is -2.29. The van der Waals surface area contributed by atoms with Crippen LogP contribution in [-0.4, -0.2) is 46.5 Å². The molecule has 0 radical (unpaired) electrons. The van der Waals surface area contributed by atoms with Gasteiger partial charge in [-0.1, -0.05) is 19.4 Å². The molecule has 0 spiro atoms. The second-order valence-corrected chi connectivity index (χ2v) is 9.35. The molecule has 1 amide bonds. The zero-order valence-corrected chi connectivity index (χ0v) is 22.1. The molecule has 1 aliphatic heterocycles. The molecule has 0 atom stereocenters. The van der Waals surface area contributed by atoms with E-state index in [0.29, 0.717) is 5.69 Å². The molecule has 174 valence electrons. The molecule has 7 heteroatoms. The van der Waals surface area contributed by atoms with Crippen LogP contribution in [0.5, 0.6) is 5.75 Å². The number of phenolic OH excluding ortho intramolecular Hbond substituents is 1. The Hall–Kier alpha value is -1.99. The summed E-state index contributed by atoms with van der Waals surface area (Å²) in [6, 6.07) is 5.79. The molecule has 0 saturated carbocycles. The fraction of sp³-hybridized carbons (Fsp3) is 0.440. The van der Waals surface area contributed by atoms with Gasteiger partial charge in [0.1, 0.15) is 5.75 Å². The number of phenols is 1.